The van der Waals surface area contributed by atoms with E-state index in [0.717, 1.165) is 11.3 Å². The summed E-state index contributed by atoms with van der Waals surface area (Å²) in [5.74, 6) is 0.726. The van der Waals surface area contributed by atoms with Crippen LogP contribution in [0.4, 0.5) is 5.69 Å². The van der Waals surface area contributed by atoms with Crippen molar-refractivity contribution in [3.05, 3.63) is 23.8 Å². The number of hydrogen-bond acceptors (Lipinski definition) is 3. The van der Waals surface area contributed by atoms with Crippen LogP contribution in [-0.4, -0.2) is 7.11 Å². The smallest absolute Gasteiger partial charge is 0.125 e. The maximum atomic E-state index is 5.59. The van der Waals surface area contributed by atoms with Gasteiger partial charge in [0.05, 0.1) is 7.11 Å². The van der Waals surface area contributed by atoms with Crippen LogP contribution in [0.5, 0.6) is 5.75 Å². The normalized spacial score (nSPS) is 9.64. The van der Waals surface area contributed by atoms with Crippen LogP contribution in [0, 0.1) is 6.07 Å². The molecule has 1 rings (SSSR count). The number of methoxy groups -OCH3 is 1. The molecule has 0 saturated heterocycles. The largest absolute Gasteiger partial charge is 0.496 e. The van der Waals surface area contributed by atoms with Crippen molar-refractivity contribution in [2.75, 3.05) is 12.8 Å². The van der Waals surface area contributed by atoms with E-state index in [0.29, 0.717) is 12.2 Å². The van der Waals surface area contributed by atoms with Gasteiger partial charge in [-0.3, -0.25) is 0 Å². The average molecular weight is 151 g/mol. The Labute approximate surface area is 66.0 Å². The molecule has 0 fully saturated rings. The molecule has 0 spiro atoms. The summed E-state index contributed by atoms with van der Waals surface area (Å²) < 4.78 is 5.04. The van der Waals surface area contributed by atoms with Gasteiger partial charge in [-0.05, 0) is 12.1 Å². The van der Waals surface area contributed by atoms with Crippen molar-refractivity contribution in [1.29, 1.82) is 0 Å². The van der Waals surface area contributed by atoms with Crippen molar-refractivity contribution in [3.63, 3.8) is 0 Å². The fourth-order valence-electron chi connectivity index (χ4n) is 0.929. The van der Waals surface area contributed by atoms with Gasteiger partial charge in [0.2, 0.25) is 0 Å². The molecule has 0 bridgehead atoms. The minimum atomic E-state index is 0.381. The highest BCUT2D eigenvalue weighted by Gasteiger charge is 2.02. The first-order chi connectivity index (χ1) is 5.29. The van der Waals surface area contributed by atoms with Gasteiger partial charge in [0.1, 0.15) is 5.75 Å². The first kappa shape index (κ1) is 7.88. The molecule has 59 valence electrons. The summed E-state index contributed by atoms with van der Waals surface area (Å²) in [4.78, 5) is 0. The highest BCUT2D eigenvalue weighted by Crippen LogP contribution is 2.22. The lowest BCUT2D eigenvalue weighted by atomic mass is 10.1. The van der Waals surface area contributed by atoms with Gasteiger partial charge in [0.25, 0.3) is 0 Å². The predicted octanol–water partition coefficient (Wildman–Crippen LogP) is 0.536. The Bertz CT molecular complexity index is 248. The van der Waals surface area contributed by atoms with Gasteiger partial charge in [0.15, 0.2) is 0 Å². The van der Waals surface area contributed by atoms with Crippen LogP contribution in [0.2, 0.25) is 0 Å². The van der Waals surface area contributed by atoms with E-state index in [1.54, 1.807) is 19.2 Å². The molecule has 0 amide bonds. The number of nitrogen functional groups attached to an aromatic ring is 1. The van der Waals surface area contributed by atoms with Crippen molar-refractivity contribution < 1.29 is 4.74 Å². The second-order valence-electron chi connectivity index (χ2n) is 2.14. The lowest BCUT2D eigenvalue weighted by Gasteiger charge is -2.07. The van der Waals surface area contributed by atoms with Gasteiger partial charge in [-0.1, -0.05) is 0 Å². The molecule has 1 aromatic carbocycles. The van der Waals surface area contributed by atoms with E-state index >= 15 is 0 Å². The Morgan fingerprint density at radius 1 is 1.64 bits per heavy atom. The molecule has 0 aromatic heterocycles. The zero-order valence-corrected chi connectivity index (χ0v) is 6.42. The van der Waals surface area contributed by atoms with Crippen molar-refractivity contribution >= 4 is 5.69 Å². The molecule has 0 atom stereocenters. The molecule has 0 heterocycles. The maximum absolute atomic E-state index is 5.59. The number of rotatable bonds is 2. The Morgan fingerprint density at radius 3 is 2.82 bits per heavy atom. The summed E-state index contributed by atoms with van der Waals surface area (Å²) in [5.41, 5.74) is 12.4. The topological polar surface area (TPSA) is 61.3 Å². The molecule has 0 aliphatic rings. The Balaban J connectivity index is 3.13. The molecular weight excluding hydrogens is 140 g/mol. The Hall–Kier alpha value is -1.22. The van der Waals surface area contributed by atoms with Crippen molar-refractivity contribution in [3.8, 4) is 5.75 Å². The fraction of sp³-hybridized carbons (Fsp3) is 0.250. The third-order valence-corrected chi connectivity index (χ3v) is 1.52. The molecule has 3 nitrogen and oxygen atoms in total. The molecule has 1 aromatic rings. The van der Waals surface area contributed by atoms with Crippen LogP contribution in [0.25, 0.3) is 0 Å². The number of ether oxygens (including phenoxy) is 1. The van der Waals surface area contributed by atoms with E-state index in [1.165, 1.54) is 0 Å². The number of nitrogens with two attached hydrogens (primary N) is 2. The van der Waals surface area contributed by atoms with Crippen LogP contribution < -0.4 is 16.2 Å². The van der Waals surface area contributed by atoms with E-state index in [4.69, 9.17) is 16.2 Å². The zero-order chi connectivity index (χ0) is 8.27. The number of anilines is 1. The molecule has 11 heavy (non-hydrogen) atoms. The van der Waals surface area contributed by atoms with E-state index in [2.05, 4.69) is 6.07 Å². The maximum Gasteiger partial charge on any atom is 0.125 e. The third kappa shape index (κ3) is 1.43. The SMILES string of the molecule is COc1cc[c]c(N)c1CN. The highest BCUT2D eigenvalue weighted by atomic mass is 16.5. The highest BCUT2D eigenvalue weighted by molar-refractivity contribution is 5.53. The average Bonchev–Trinajstić information content (AvgIpc) is 2.04. The zero-order valence-electron chi connectivity index (χ0n) is 6.42. The summed E-state index contributed by atoms with van der Waals surface area (Å²) in [6.45, 7) is 0.381. The Kier molecular flexibility index (Phi) is 2.33. The molecule has 1 radical (unpaired) electrons. The van der Waals surface area contributed by atoms with E-state index < -0.39 is 0 Å². The van der Waals surface area contributed by atoms with Crippen LogP contribution in [0.1, 0.15) is 5.56 Å². The van der Waals surface area contributed by atoms with Gasteiger partial charge >= 0.3 is 0 Å². The summed E-state index contributed by atoms with van der Waals surface area (Å²) >= 11 is 0. The van der Waals surface area contributed by atoms with E-state index in [-0.39, 0.29) is 0 Å². The number of benzene rings is 1. The van der Waals surface area contributed by atoms with Crippen molar-refractivity contribution in [1.82, 2.24) is 0 Å². The molecule has 0 aliphatic carbocycles. The third-order valence-electron chi connectivity index (χ3n) is 1.52. The van der Waals surface area contributed by atoms with Gasteiger partial charge in [-0.15, -0.1) is 0 Å². The minimum Gasteiger partial charge on any atom is -0.496 e. The summed E-state index contributed by atoms with van der Waals surface area (Å²) in [5, 5.41) is 0. The first-order valence-corrected chi connectivity index (χ1v) is 3.32. The van der Waals surface area contributed by atoms with Gasteiger partial charge < -0.3 is 16.2 Å². The Morgan fingerprint density at radius 2 is 2.36 bits per heavy atom. The molecular formula is C8H11N2O. The fourth-order valence-corrected chi connectivity index (χ4v) is 0.929. The first-order valence-electron chi connectivity index (χ1n) is 3.32. The van der Waals surface area contributed by atoms with Gasteiger partial charge in [-0.25, -0.2) is 0 Å². The molecule has 0 aliphatic heterocycles. The minimum absolute atomic E-state index is 0.381. The van der Waals surface area contributed by atoms with Gasteiger partial charge in [-0.2, -0.15) is 0 Å². The second kappa shape index (κ2) is 3.25. The monoisotopic (exact) mass is 151 g/mol. The summed E-state index contributed by atoms with van der Waals surface area (Å²) in [6, 6.07) is 6.35. The molecule has 0 unspecified atom stereocenters. The second-order valence-corrected chi connectivity index (χ2v) is 2.14. The molecule has 0 saturated carbocycles. The van der Waals surface area contributed by atoms with Crippen molar-refractivity contribution in [2.24, 2.45) is 5.73 Å². The van der Waals surface area contributed by atoms with Crippen LogP contribution in [-0.2, 0) is 6.54 Å². The quantitative estimate of drug-likeness (QED) is 0.606. The van der Waals surface area contributed by atoms with Crippen LogP contribution >= 0.6 is 0 Å². The van der Waals surface area contributed by atoms with Gasteiger partial charge in [0, 0.05) is 23.9 Å². The summed E-state index contributed by atoms with van der Waals surface area (Å²) in [6.07, 6.45) is 0. The van der Waals surface area contributed by atoms with E-state index in [1.807, 2.05) is 0 Å². The lowest BCUT2D eigenvalue weighted by Crippen LogP contribution is -2.03. The predicted molar refractivity (Wildman–Crippen MR) is 44.1 cm³/mol. The lowest BCUT2D eigenvalue weighted by molar-refractivity contribution is 0.410. The van der Waals surface area contributed by atoms with Crippen molar-refractivity contribution in [2.45, 2.75) is 6.54 Å². The number of hydrogen-bond donors (Lipinski definition) is 2. The van der Waals surface area contributed by atoms with E-state index in [9.17, 15) is 0 Å². The molecule has 3 heteroatoms. The van der Waals surface area contributed by atoms with Crippen LogP contribution in [0.15, 0.2) is 12.1 Å². The molecule has 4 N–H and O–H groups in total. The van der Waals surface area contributed by atoms with Crippen LogP contribution in [0.3, 0.4) is 0 Å². The summed E-state index contributed by atoms with van der Waals surface area (Å²) in [7, 11) is 1.59. The standard InChI is InChI=1S/C8H11N2O/c1-11-8-4-2-3-7(10)6(8)5-9/h2,4H,5,9-10H2,1H3.